The van der Waals surface area contributed by atoms with Gasteiger partial charge in [-0.3, -0.25) is 14.7 Å². The van der Waals surface area contributed by atoms with E-state index < -0.39 is 0 Å². The molecule has 0 radical (unpaired) electrons. The van der Waals surface area contributed by atoms with Crippen molar-refractivity contribution in [2.75, 3.05) is 10.6 Å². The monoisotopic (exact) mass is 424 g/mol. The molecule has 0 aliphatic carbocycles. The molecule has 3 N–H and O–H groups in total. The highest BCUT2D eigenvalue weighted by molar-refractivity contribution is 7.18. The van der Waals surface area contributed by atoms with Gasteiger partial charge in [-0.15, -0.1) is 11.3 Å². The Morgan fingerprint density at radius 1 is 0.966 bits per heavy atom. The Morgan fingerprint density at radius 2 is 1.76 bits per heavy atom. The van der Waals surface area contributed by atoms with Gasteiger partial charge in [0.25, 0.3) is 0 Å². The van der Waals surface area contributed by atoms with Gasteiger partial charge in [-0.2, -0.15) is 5.10 Å². The van der Waals surface area contributed by atoms with E-state index in [9.17, 15) is 9.59 Å². The number of nitrogens with one attached hydrogen (secondary N) is 3. The van der Waals surface area contributed by atoms with Gasteiger partial charge in [0.1, 0.15) is 10.6 Å². The molecule has 2 amide bonds. The molecule has 0 fully saturated rings. The maximum absolute atomic E-state index is 12.3. The third-order valence-electron chi connectivity index (χ3n) is 4.22. The predicted octanol–water partition coefficient (Wildman–Crippen LogP) is 4.64. The number of thiophene rings is 1. The summed E-state index contributed by atoms with van der Waals surface area (Å²) >= 11 is 7.35. The van der Waals surface area contributed by atoms with Crippen molar-refractivity contribution in [3.8, 4) is 0 Å². The summed E-state index contributed by atoms with van der Waals surface area (Å²) < 4.78 is 0. The van der Waals surface area contributed by atoms with Crippen LogP contribution in [0.15, 0.2) is 60.7 Å². The molecular weight excluding hydrogens is 408 g/mol. The van der Waals surface area contributed by atoms with Gasteiger partial charge in [0, 0.05) is 15.6 Å². The summed E-state index contributed by atoms with van der Waals surface area (Å²) in [5, 5.41) is 14.1. The molecule has 29 heavy (non-hydrogen) atoms. The van der Waals surface area contributed by atoms with E-state index in [1.807, 2.05) is 36.4 Å². The molecule has 4 aromatic rings. The molecule has 146 valence electrons. The van der Waals surface area contributed by atoms with Gasteiger partial charge in [0.05, 0.1) is 18.2 Å². The number of benzene rings is 2. The van der Waals surface area contributed by atoms with Crippen molar-refractivity contribution in [2.24, 2.45) is 0 Å². The Bertz CT molecular complexity index is 1170. The highest BCUT2D eigenvalue weighted by Crippen LogP contribution is 2.30. The molecule has 6 nitrogen and oxygen atoms in total. The zero-order valence-corrected chi connectivity index (χ0v) is 16.8. The van der Waals surface area contributed by atoms with Crippen LogP contribution >= 0.6 is 22.9 Å². The maximum atomic E-state index is 12.3. The Hall–Kier alpha value is -3.16. The molecule has 0 saturated heterocycles. The lowest BCUT2D eigenvalue weighted by molar-refractivity contribution is -0.116. The standard InChI is InChI=1S/C21H17ClN4O2S/c22-14-7-4-8-15(10-14)23-19(28)12-16-11-17-20(25-26-21(17)29-16)24-18(27)9-13-5-2-1-3-6-13/h1-8,10-11H,9,12H2,(H,23,28)(H2,24,25,26,27). The second-order valence-electron chi connectivity index (χ2n) is 6.48. The number of aromatic nitrogens is 2. The molecule has 0 bridgehead atoms. The molecular formula is C21H17ClN4O2S. The largest absolute Gasteiger partial charge is 0.326 e. The number of carbonyl (C=O) groups excluding carboxylic acids is 2. The normalized spacial score (nSPS) is 10.8. The summed E-state index contributed by atoms with van der Waals surface area (Å²) in [6.07, 6.45) is 0.491. The lowest BCUT2D eigenvalue weighted by Crippen LogP contribution is -2.15. The van der Waals surface area contributed by atoms with Crippen LogP contribution in [0.1, 0.15) is 10.4 Å². The van der Waals surface area contributed by atoms with Crippen LogP contribution in [0.3, 0.4) is 0 Å². The highest BCUT2D eigenvalue weighted by Gasteiger charge is 2.15. The number of fused-ring (bicyclic) bond motifs is 1. The summed E-state index contributed by atoms with van der Waals surface area (Å²) in [7, 11) is 0. The average molecular weight is 425 g/mol. The first kappa shape index (κ1) is 19.2. The van der Waals surface area contributed by atoms with E-state index in [2.05, 4.69) is 20.8 Å². The summed E-state index contributed by atoms with van der Waals surface area (Å²) in [4.78, 5) is 26.2. The number of hydrogen-bond acceptors (Lipinski definition) is 4. The minimum Gasteiger partial charge on any atom is -0.326 e. The number of halogens is 1. The molecule has 0 unspecified atom stereocenters. The van der Waals surface area contributed by atoms with Crippen molar-refractivity contribution >= 4 is 56.5 Å². The molecule has 2 heterocycles. The summed E-state index contributed by atoms with van der Waals surface area (Å²) in [6, 6.07) is 18.4. The topological polar surface area (TPSA) is 86.9 Å². The van der Waals surface area contributed by atoms with Gasteiger partial charge in [0.15, 0.2) is 0 Å². The van der Waals surface area contributed by atoms with E-state index in [4.69, 9.17) is 11.6 Å². The fraction of sp³-hybridized carbons (Fsp3) is 0.0952. The number of hydrogen-bond donors (Lipinski definition) is 3. The summed E-state index contributed by atoms with van der Waals surface area (Å²) in [5.74, 6) is 0.265. The number of aromatic amines is 1. The lowest BCUT2D eigenvalue weighted by Gasteiger charge is -2.04. The number of nitrogens with zero attached hydrogens (tertiary/aromatic N) is 1. The first-order valence-electron chi connectivity index (χ1n) is 8.93. The number of rotatable bonds is 6. The quantitative estimate of drug-likeness (QED) is 0.421. The molecule has 0 aliphatic rings. The molecule has 8 heteroatoms. The van der Waals surface area contributed by atoms with Crippen molar-refractivity contribution in [3.63, 3.8) is 0 Å². The zero-order chi connectivity index (χ0) is 20.2. The van der Waals surface area contributed by atoms with Gasteiger partial charge in [-0.1, -0.05) is 48.0 Å². The minimum absolute atomic E-state index is 0.131. The smallest absolute Gasteiger partial charge is 0.229 e. The van der Waals surface area contributed by atoms with Crippen molar-refractivity contribution < 1.29 is 9.59 Å². The second kappa shape index (κ2) is 8.46. The Kier molecular flexibility index (Phi) is 5.59. The Labute approximate surface area is 175 Å². The van der Waals surface area contributed by atoms with E-state index in [1.165, 1.54) is 11.3 Å². The van der Waals surface area contributed by atoms with Crippen LogP contribution in [-0.4, -0.2) is 22.0 Å². The summed E-state index contributed by atoms with van der Waals surface area (Å²) in [6.45, 7) is 0. The molecule has 2 aromatic heterocycles. The van der Waals surface area contributed by atoms with Crippen molar-refractivity contribution in [2.45, 2.75) is 12.8 Å². The van der Waals surface area contributed by atoms with Crippen LogP contribution in [-0.2, 0) is 22.4 Å². The van der Waals surface area contributed by atoms with Crippen molar-refractivity contribution in [3.05, 3.63) is 76.1 Å². The van der Waals surface area contributed by atoms with Crippen LogP contribution in [0.25, 0.3) is 10.2 Å². The Morgan fingerprint density at radius 3 is 2.55 bits per heavy atom. The van der Waals surface area contributed by atoms with Gasteiger partial charge in [-0.25, -0.2) is 0 Å². The second-order valence-corrected chi connectivity index (χ2v) is 8.03. The molecule has 4 rings (SSSR count). The SMILES string of the molecule is O=C(Cc1cc2c(NC(=O)Cc3ccccc3)[nH]nc2s1)Nc1cccc(Cl)c1. The zero-order valence-electron chi connectivity index (χ0n) is 15.2. The molecule has 0 aliphatic heterocycles. The maximum Gasteiger partial charge on any atom is 0.229 e. The van der Waals surface area contributed by atoms with E-state index in [0.717, 1.165) is 20.7 Å². The van der Waals surface area contributed by atoms with Gasteiger partial charge < -0.3 is 10.6 Å². The average Bonchev–Trinajstić information content (AvgIpc) is 3.23. The number of amides is 2. The van der Waals surface area contributed by atoms with Crippen molar-refractivity contribution in [1.82, 2.24) is 10.2 Å². The first-order valence-corrected chi connectivity index (χ1v) is 10.1. The molecule has 0 atom stereocenters. The number of anilines is 2. The molecule has 2 aromatic carbocycles. The first-order chi connectivity index (χ1) is 14.1. The van der Waals surface area contributed by atoms with Crippen LogP contribution in [0, 0.1) is 0 Å². The van der Waals surface area contributed by atoms with Gasteiger partial charge >= 0.3 is 0 Å². The third-order valence-corrected chi connectivity index (χ3v) is 5.48. The van der Waals surface area contributed by atoms with E-state index in [0.29, 0.717) is 16.5 Å². The van der Waals surface area contributed by atoms with Crippen LogP contribution in [0.2, 0.25) is 5.02 Å². The molecule has 0 spiro atoms. The van der Waals surface area contributed by atoms with Crippen LogP contribution < -0.4 is 10.6 Å². The van der Waals surface area contributed by atoms with E-state index in [1.54, 1.807) is 24.3 Å². The Balaban J connectivity index is 1.41. The van der Waals surface area contributed by atoms with Crippen LogP contribution in [0.5, 0.6) is 0 Å². The summed E-state index contributed by atoms with van der Waals surface area (Å²) in [5.41, 5.74) is 1.59. The fourth-order valence-electron chi connectivity index (χ4n) is 2.94. The highest BCUT2D eigenvalue weighted by atomic mass is 35.5. The number of carbonyl (C=O) groups is 2. The van der Waals surface area contributed by atoms with E-state index in [-0.39, 0.29) is 24.7 Å². The predicted molar refractivity (Wildman–Crippen MR) is 117 cm³/mol. The van der Waals surface area contributed by atoms with Gasteiger partial charge in [0.2, 0.25) is 11.8 Å². The third kappa shape index (κ3) is 4.82. The molecule has 0 saturated carbocycles. The fourth-order valence-corrected chi connectivity index (χ4v) is 4.12. The lowest BCUT2D eigenvalue weighted by atomic mass is 10.1. The van der Waals surface area contributed by atoms with E-state index >= 15 is 0 Å². The van der Waals surface area contributed by atoms with Gasteiger partial charge in [-0.05, 0) is 29.8 Å². The minimum atomic E-state index is -0.144. The van der Waals surface area contributed by atoms with Crippen LogP contribution in [0.4, 0.5) is 11.5 Å². The van der Waals surface area contributed by atoms with Crippen molar-refractivity contribution in [1.29, 1.82) is 0 Å². The number of H-pyrrole nitrogens is 1.